The van der Waals surface area contributed by atoms with Gasteiger partial charge in [0.05, 0.1) is 18.4 Å². The summed E-state index contributed by atoms with van der Waals surface area (Å²) in [6.45, 7) is 2.50. The topological polar surface area (TPSA) is 39.1 Å². The molecule has 21 heavy (non-hydrogen) atoms. The number of aromatic nitrogens is 2. The second kappa shape index (κ2) is 7.43. The van der Waals surface area contributed by atoms with Crippen molar-refractivity contribution in [3.05, 3.63) is 48.0 Å². The van der Waals surface area contributed by atoms with Crippen molar-refractivity contribution >= 4 is 12.4 Å². The van der Waals surface area contributed by atoms with Crippen LogP contribution in [0.15, 0.2) is 36.7 Å². The van der Waals surface area contributed by atoms with Gasteiger partial charge in [0.25, 0.3) is 0 Å². The summed E-state index contributed by atoms with van der Waals surface area (Å²) >= 11 is 0. The third-order valence-electron chi connectivity index (χ3n) is 3.58. The molecule has 2 heterocycles. The Hall–Kier alpha value is -1.59. The Morgan fingerprint density at radius 3 is 2.67 bits per heavy atom. The van der Waals surface area contributed by atoms with Crippen molar-refractivity contribution < 1.29 is 9.13 Å². The van der Waals surface area contributed by atoms with E-state index in [-0.39, 0.29) is 18.2 Å². The first-order valence-electron chi connectivity index (χ1n) is 6.93. The van der Waals surface area contributed by atoms with Crippen LogP contribution in [0.3, 0.4) is 0 Å². The highest BCUT2D eigenvalue weighted by Crippen LogP contribution is 2.21. The second-order valence-electron chi connectivity index (χ2n) is 5.05. The summed E-state index contributed by atoms with van der Waals surface area (Å²) in [6.07, 6.45) is 5.88. The van der Waals surface area contributed by atoms with Gasteiger partial charge in [-0.05, 0) is 43.6 Å². The molecular weight excluding hydrogens is 293 g/mol. The lowest BCUT2D eigenvalue weighted by Gasteiger charge is -2.22. The van der Waals surface area contributed by atoms with E-state index in [1.807, 2.05) is 10.9 Å². The molecule has 3 rings (SSSR count). The molecule has 1 aromatic heterocycles. The van der Waals surface area contributed by atoms with Crippen LogP contribution in [-0.2, 0) is 6.61 Å². The third-order valence-corrected chi connectivity index (χ3v) is 3.58. The Bertz CT molecular complexity index is 552. The van der Waals surface area contributed by atoms with Crippen molar-refractivity contribution in [3.63, 3.8) is 0 Å². The summed E-state index contributed by atoms with van der Waals surface area (Å²) in [7, 11) is 0. The van der Waals surface area contributed by atoms with Gasteiger partial charge >= 0.3 is 0 Å². The standard InChI is InChI=1S/C15H18FN3O.ClH/c16-13-3-1-12(2-4-13)11-20-15-9-18-19(10-15)14-5-7-17-8-6-14;/h1-4,9-10,14,17H,5-8,11H2;1H. The third kappa shape index (κ3) is 4.19. The molecule has 1 aliphatic heterocycles. The summed E-state index contributed by atoms with van der Waals surface area (Å²) in [5, 5.41) is 7.71. The first-order chi connectivity index (χ1) is 9.81. The minimum absolute atomic E-state index is 0. The lowest BCUT2D eigenvalue weighted by Crippen LogP contribution is -2.29. The minimum atomic E-state index is -0.229. The lowest BCUT2D eigenvalue weighted by atomic mass is 10.1. The van der Waals surface area contributed by atoms with Gasteiger partial charge in [-0.2, -0.15) is 5.10 Å². The molecule has 0 aliphatic carbocycles. The zero-order valence-electron chi connectivity index (χ0n) is 11.7. The Morgan fingerprint density at radius 1 is 1.24 bits per heavy atom. The van der Waals surface area contributed by atoms with Crippen LogP contribution in [0.2, 0.25) is 0 Å². The van der Waals surface area contributed by atoms with Crippen LogP contribution in [0, 0.1) is 5.82 Å². The number of nitrogens with zero attached hydrogens (tertiary/aromatic N) is 2. The van der Waals surface area contributed by atoms with Crippen molar-refractivity contribution in [1.82, 2.24) is 15.1 Å². The zero-order chi connectivity index (χ0) is 13.8. The average molecular weight is 312 g/mol. The van der Waals surface area contributed by atoms with E-state index >= 15 is 0 Å². The maximum absolute atomic E-state index is 12.8. The molecule has 0 saturated carbocycles. The fourth-order valence-electron chi connectivity index (χ4n) is 2.41. The van der Waals surface area contributed by atoms with Crippen molar-refractivity contribution in [2.24, 2.45) is 0 Å². The molecule has 0 amide bonds. The number of nitrogens with one attached hydrogen (secondary N) is 1. The molecule has 0 spiro atoms. The van der Waals surface area contributed by atoms with E-state index in [9.17, 15) is 4.39 Å². The van der Waals surface area contributed by atoms with Crippen LogP contribution in [0.5, 0.6) is 5.75 Å². The number of benzene rings is 1. The smallest absolute Gasteiger partial charge is 0.157 e. The highest BCUT2D eigenvalue weighted by molar-refractivity contribution is 5.85. The number of piperidine rings is 1. The molecule has 4 nitrogen and oxygen atoms in total. The first kappa shape index (κ1) is 15.8. The molecule has 1 aliphatic rings. The van der Waals surface area contributed by atoms with E-state index in [0.29, 0.717) is 12.6 Å². The molecule has 0 atom stereocenters. The van der Waals surface area contributed by atoms with Crippen LogP contribution in [0.4, 0.5) is 4.39 Å². The molecule has 2 aromatic rings. The van der Waals surface area contributed by atoms with Gasteiger partial charge in [-0.15, -0.1) is 12.4 Å². The van der Waals surface area contributed by atoms with E-state index in [2.05, 4.69) is 10.4 Å². The number of rotatable bonds is 4. The van der Waals surface area contributed by atoms with Crippen molar-refractivity contribution in [3.8, 4) is 5.75 Å². The molecule has 0 bridgehead atoms. The summed E-state index contributed by atoms with van der Waals surface area (Å²) in [4.78, 5) is 0. The summed E-state index contributed by atoms with van der Waals surface area (Å²) in [6, 6.07) is 6.80. The van der Waals surface area contributed by atoms with Crippen molar-refractivity contribution in [2.75, 3.05) is 13.1 Å². The van der Waals surface area contributed by atoms with Gasteiger partial charge in [-0.1, -0.05) is 12.1 Å². The van der Waals surface area contributed by atoms with Crippen molar-refractivity contribution in [1.29, 1.82) is 0 Å². The predicted molar refractivity (Wildman–Crippen MR) is 81.3 cm³/mol. The molecule has 1 N–H and O–H groups in total. The fraction of sp³-hybridized carbons (Fsp3) is 0.400. The normalized spacial score (nSPS) is 15.5. The molecule has 1 saturated heterocycles. The van der Waals surface area contributed by atoms with Gasteiger partial charge in [-0.3, -0.25) is 4.68 Å². The average Bonchev–Trinajstić information content (AvgIpc) is 2.97. The maximum atomic E-state index is 12.8. The molecule has 6 heteroatoms. The Labute approximate surface area is 129 Å². The highest BCUT2D eigenvalue weighted by atomic mass is 35.5. The van der Waals surface area contributed by atoms with Gasteiger partial charge in [0, 0.05) is 0 Å². The number of hydrogen-bond donors (Lipinski definition) is 1. The number of ether oxygens (including phenoxy) is 1. The molecule has 0 unspecified atom stereocenters. The number of halogens is 2. The van der Waals surface area contributed by atoms with E-state index in [4.69, 9.17) is 4.74 Å². The number of hydrogen-bond acceptors (Lipinski definition) is 3. The molecule has 114 valence electrons. The molecular formula is C15H19ClFN3O. The molecule has 0 radical (unpaired) electrons. The molecule has 1 aromatic carbocycles. The highest BCUT2D eigenvalue weighted by Gasteiger charge is 2.15. The summed E-state index contributed by atoms with van der Waals surface area (Å²) in [5.74, 6) is 0.528. The van der Waals surface area contributed by atoms with Gasteiger partial charge in [0.1, 0.15) is 12.4 Å². The van der Waals surface area contributed by atoms with Gasteiger partial charge in [0.2, 0.25) is 0 Å². The SMILES string of the molecule is Cl.Fc1ccc(COc2cnn(C3CCNCC3)c2)cc1. The van der Waals surface area contributed by atoms with E-state index < -0.39 is 0 Å². The van der Waals surface area contributed by atoms with Crippen LogP contribution in [-0.4, -0.2) is 22.9 Å². The summed E-state index contributed by atoms with van der Waals surface area (Å²) < 4.78 is 20.5. The zero-order valence-corrected chi connectivity index (χ0v) is 12.5. The van der Waals surface area contributed by atoms with Crippen LogP contribution in [0.1, 0.15) is 24.4 Å². The first-order valence-corrected chi connectivity index (χ1v) is 6.93. The van der Waals surface area contributed by atoms with Gasteiger partial charge in [0.15, 0.2) is 5.75 Å². The Kier molecular flexibility index (Phi) is 5.59. The Balaban J connectivity index is 0.00000161. The predicted octanol–water partition coefficient (Wildman–Crippen LogP) is 2.95. The quantitative estimate of drug-likeness (QED) is 0.943. The lowest BCUT2D eigenvalue weighted by molar-refractivity contribution is 0.302. The van der Waals surface area contributed by atoms with E-state index in [1.165, 1.54) is 12.1 Å². The van der Waals surface area contributed by atoms with Gasteiger partial charge in [-0.25, -0.2) is 4.39 Å². The fourth-order valence-corrected chi connectivity index (χ4v) is 2.41. The maximum Gasteiger partial charge on any atom is 0.157 e. The van der Waals surface area contributed by atoms with Crippen LogP contribution < -0.4 is 10.1 Å². The van der Waals surface area contributed by atoms with Crippen LogP contribution in [0.25, 0.3) is 0 Å². The largest absolute Gasteiger partial charge is 0.486 e. The van der Waals surface area contributed by atoms with E-state index in [0.717, 1.165) is 37.2 Å². The second-order valence-corrected chi connectivity index (χ2v) is 5.05. The summed E-state index contributed by atoms with van der Waals surface area (Å²) in [5.41, 5.74) is 0.945. The molecule has 1 fully saturated rings. The Morgan fingerprint density at radius 2 is 1.95 bits per heavy atom. The van der Waals surface area contributed by atoms with Crippen molar-refractivity contribution in [2.45, 2.75) is 25.5 Å². The van der Waals surface area contributed by atoms with Crippen LogP contribution >= 0.6 is 12.4 Å². The minimum Gasteiger partial charge on any atom is -0.486 e. The van der Waals surface area contributed by atoms with E-state index in [1.54, 1.807) is 18.3 Å². The van der Waals surface area contributed by atoms with Gasteiger partial charge < -0.3 is 10.1 Å². The monoisotopic (exact) mass is 311 g/mol.